The van der Waals surface area contributed by atoms with Crippen molar-refractivity contribution in [1.29, 1.82) is 0 Å². The van der Waals surface area contributed by atoms with Gasteiger partial charge in [-0.2, -0.15) is 0 Å². The van der Waals surface area contributed by atoms with Crippen LogP contribution in [0.25, 0.3) is 0 Å². The van der Waals surface area contributed by atoms with Crippen LogP contribution in [0.3, 0.4) is 0 Å². The molecule has 17 heavy (non-hydrogen) atoms. The quantitative estimate of drug-likeness (QED) is 0.653. The van der Waals surface area contributed by atoms with Gasteiger partial charge in [-0.1, -0.05) is 58.4 Å². The zero-order chi connectivity index (χ0) is 12.9. The maximum Gasteiger partial charge on any atom is 0.0750 e. The van der Waals surface area contributed by atoms with Gasteiger partial charge in [0.25, 0.3) is 0 Å². The molecule has 0 saturated carbocycles. The lowest BCUT2D eigenvalue weighted by molar-refractivity contribution is 0.587. The van der Waals surface area contributed by atoms with Crippen LogP contribution in [0.15, 0.2) is 40.4 Å². The van der Waals surface area contributed by atoms with E-state index in [0.29, 0.717) is 5.92 Å². The predicted molar refractivity (Wildman–Crippen MR) is 80.5 cm³/mol. The second-order valence-electron chi connectivity index (χ2n) is 5.06. The van der Waals surface area contributed by atoms with Crippen molar-refractivity contribution in [2.75, 3.05) is 6.26 Å². The lowest BCUT2D eigenvalue weighted by Gasteiger charge is -2.25. The zero-order valence-electron chi connectivity index (χ0n) is 11.5. The summed E-state index contributed by atoms with van der Waals surface area (Å²) in [6, 6.07) is 0. The fourth-order valence-corrected chi connectivity index (χ4v) is 2.19. The van der Waals surface area contributed by atoms with Gasteiger partial charge >= 0.3 is 0 Å². The van der Waals surface area contributed by atoms with Crippen LogP contribution < -0.4 is 0 Å². The van der Waals surface area contributed by atoms with Gasteiger partial charge in [0.2, 0.25) is 0 Å². The molecule has 0 aromatic carbocycles. The Morgan fingerprint density at radius 3 is 2.71 bits per heavy atom. The molecule has 0 amide bonds. The van der Waals surface area contributed by atoms with Crippen LogP contribution in [0.5, 0.6) is 0 Å². The minimum Gasteiger partial charge on any atom is -0.217 e. The van der Waals surface area contributed by atoms with Crippen LogP contribution in [-0.2, 0) is 0 Å². The Labute approximate surface area is 110 Å². The van der Waals surface area contributed by atoms with E-state index in [2.05, 4.69) is 62.5 Å². The molecule has 0 aromatic rings. The van der Waals surface area contributed by atoms with Gasteiger partial charge in [0.15, 0.2) is 0 Å². The van der Waals surface area contributed by atoms with Crippen LogP contribution in [-0.4, -0.2) is 12.0 Å². The second-order valence-corrected chi connectivity index (χ2v) is 5.61. The fourth-order valence-electron chi connectivity index (χ4n) is 1.83. The summed E-state index contributed by atoms with van der Waals surface area (Å²) >= 11 is 1.52. The Morgan fingerprint density at radius 1 is 1.41 bits per heavy atom. The molecule has 1 aliphatic carbocycles. The van der Waals surface area contributed by atoms with Crippen molar-refractivity contribution in [3.8, 4) is 0 Å². The Kier molecular flexibility index (Phi) is 5.26. The fraction of sp³-hybridized carbons (Fsp3) is 0.533. The highest BCUT2D eigenvalue weighted by Gasteiger charge is 2.24. The first kappa shape index (κ1) is 14.3. The van der Waals surface area contributed by atoms with Crippen molar-refractivity contribution < 1.29 is 0 Å². The van der Waals surface area contributed by atoms with Crippen LogP contribution in [0.1, 0.15) is 34.1 Å². The number of hydrogen-bond donors (Lipinski definition) is 0. The highest BCUT2D eigenvalue weighted by Crippen LogP contribution is 2.33. The predicted octanol–water partition coefficient (Wildman–Crippen LogP) is 4.83. The molecule has 0 radical (unpaired) electrons. The van der Waals surface area contributed by atoms with Gasteiger partial charge < -0.3 is 0 Å². The smallest absolute Gasteiger partial charge is 0.0750 e. The van der Waals surface area contributed by atoms with Gasteiger partial charge in [0.1, 0.15) is 0 Å². The molecule has 1 atom stereocenters. The standard InChI is InChI=1S/C15H23NS/c1-6-12(2)11-13-14(16-17-5)9-7-8-10-15(13,3)4/h7-12H,6H2,1-5H3/b13-11-,16-14-. The van der Waals surface area contributed by atoms with Crippen LogP contribution in [0.4, 0.5) is 0 Å². The first-order valence-electron chi connectivity index (χ1n) is 6.21. The molecule has 94 valence electrons. The van der Waals surface area contributed by atoms with Gasteiger partial charge in [0, 0.05) is 11.7 Å². The van der Waals surface area contributed by atoms with Crippen molar-refractivity contribution in [1.82, 2.24) is 0 Å². The molecule has 0 spiro atoms. The Hall–Kier alpha value is -0.760. The van der Waals surface area contributed by atoms with E-state index in [9.17, 15) is 0 Å². The second kappa shape index (κ2) is 6.25. The molecule has 1 aliphatic rings. The largest absolute Gasteiger partial charge is 0.217 e. The van der Waals surface area contributed by atoms with E-state index in [4.69, 9.17) is 0 Å². The molecule has 0 saturated heterocycles. The molecule has 0 bridgehead atoms. The Balaban J connectivity index is 3.22. The highest BCUT2D eigenvalue weighted by molar-refractivity contribution is 7.97. The van der Waals surface area contributed by atoms with E-state index >= 15 is 0 Å². The van der Waals surface area contributed by atoms with E-state index in [1.807, 2.05) is 6.26 Å². The van der Waals surface area contributed by atoms with Crippen molar-refractivity contribution in [3.63, 3.8) is 0 Å². The molecule has 1 rings (SSSR count). The molecule has 0 heterocycles. The molecule has 1 unspecified atom stereocenters. The van der Waals surface area contributed by atoms with Crippen LogP contribution in [0.2, 0.25) is 0 Å². The average Bonchev–Trinajstić information content (AvgIpc) is 2.41. The van der Waals surface area contributed by atoms with Gasteiger partial charge in [0.05, 0.1) is 5.71 Å². The summed E-state index contributed by atoms with van der Waals surface area (Å²) < 4.78 is 4.55. The average molecular weight is 249 g/mol. The van der Waals surface area contributed by atoms with Gasteiger partial charge in [-0.25, -0.2) is 4.40 Å². The summed E-state index contributed by atoms with van der Waals surface area (Å²) in [6.07, 6.45) is 14.1. The molecule has 1 nitrogen and oxygen atoms in total. The molecule has 2 heteroatoms. The molecular weight excluding hydrogens is 226 g/mol. The zero-order valence-corrected chi connectivity index (χ0v) is 12.3. The summed E-state index contributed by atoms with van der Waals surface area (Å²) in [5.74, 6) is 0.594. The van der Waals surface area contributed by atoms with E-state index in [1.54, 1.807) is 0 Å². The molecule has 0 N–H and O–H groups in total. The number of nitrogens with zero attached hydrogens (tertiary/aromatic N) is 1. The van der Waals surface area contributed by atoms with E-state index in [0.717, 1.165) is 5.71 Å². The van der Waals surface area contributed by atoms with E-state index in [1.165, 1.54) is 23.9 Å². The monoisotopic (exact) mass is 249 g/mol. The SMILES string of the molecule is CCC(C)/C=C1/C(=N\SC)C=CC=CC1(C)C. The van der Waals surface area contributed by atoms with Crippen molar-refractivity contribution in [2.45, 2.75) is 34.1 Å². The van der Waals surface area contributed by atoms with Crippen molar-refractivity contribution >= 4 is 17.7 Å². The summed E-state index contributed by atoms with van der Waals surface area (Å²) in [5.41, 5.74) is 2.50. The third-order valence-corrected chi connectivity index (χ3v) is 3.51. The minimum absolute atomic E-state index is 0.0570. The first-order chi connectivity index (χ1) is 8.01. The maximum atomic E-state index is 4.55. The molecule has 0 aliphatic heterocycles. The lowest BCUT2D eigenvalue weighted by Crippen LogP contribution is -2.18. The lowest BCUT2D eigenvalue weighted by atomic mass is 9.80. The van der Waals surface area contributed by atoms with Crippen molar-refractivity contribution in [3.05, 3.63) is 36.0 Å². The highest BCUT2D eigenvalue weighted by atomic mass is 32.2. The normalized spacial score (nSPS) is 25.2. The van der Waals surface area contributed by atoms with E-state index in [-0.39, 0.29) is 5.41 Å². The van der Waals surface area contributed by atoms with Gasteiger partial charge in [-0.05, 0) is 29.5 Å². The van der Waals surface area contributed by atoms with Crippen LogP contribution in [0, 0.1) is 11.3 Å². The summed E-state index contributed by atoms with van der Waals surface area (Å²) in [5, 5.41) is 0. The molecule has 0 aromatic heterocycles. The Bertz CT molecular complexity index is 372. The topological polar surface area (TPSA) is 12.4 Å². The maximum absolute atomic E-state index is 4.55. The van der Waals surface area contributed by atoms with E-state index < -0.39 is 0 Å². The summed E-state index contributed by atoms with van der Waals surface area (Å²) in [4.78, 5) is 0. The molecular formula is C15H23NS. The number of allylic oxidation sites excluding steroid dienone is 6. The summed E-state index contributed by atoms with van der Waals surface area (Å²) in [6.45, 7) is 8.99. The Morgan fingerprint density at radius 2 is 2.12 bits per heavy atom. The van der Waals surface area contributed by atoms with Gasteiger partial charge in [-0.3, -0.25) is 0 Å². The van der Waals surface area contributed by atoms with Gasteiger partial charge in [-0.15, -0.1) is 0 Å². The van der Waals surface area contributed by atoms with Crippen LogP contribution >= 0.6 is 11.9 Å². The molecule has 0 fully saturated rings. The third kappa shape index (κ3) is 3.88. The number of hydrogen-bond acceptors (Lipinski definition) is 2. The minimum atomic E-state index is 0.0570. The number of rotatable bonds is 3. The first-order valence-corrected chi connectivity index (χ1v) is 7.39. The van der Waals surface area contributed by atoms with Crippen molar-refractivity contribution in [2.24, 2.45) is 15.7 Å². The summed E-state index contributed by atoms with van der Waals surface area (Å²) in [7, 11) is 0. The third-order valence-electron chi connectivity index (χ3n) is 3.13.